The van der Waals surface area contributed by atoms with Crippen LogP contribution in [0.25, 0.3) is 0 Å². The van der Waals surface area contributed by atoms with Gasteiger partial charge in [-0.2, -0.15) is 0 Å². The Morgan fingerprint density at radius 3 is 2.48 bits per heavy atom. The number of hydrogen-bond donors (Lipinski definition) is 2. The first-order chi connectivity index (χ1) is 15.7. The molecule has 2 aromatic rings. The second kappa shape index (κ2) is 12.8. The second-order valence-corrected chi connectivity index (χ2v) is 9.01. The number of nitrogens with zero attached hydrogens (tertiary/aromatic N) is 1. The summed E-state index contributed by atoms with van der Waals surface area (Å²) < 4.78 is 15.5. The number of aromatic nitrogens is 1. The van der Waals surface area contributed by atoms with Gasteiger partial charge in [0.2, 0.25) is 0 Å². The number of ether oxygens (including phenoxy) is 3. The Kier molecular flexibility index (Phi) is 10.1. The molecule has 0 saturated carbocycles. The van der Waals surface area contributed by atoms with Gasteiger partial charge < -0.3 is 24.8 Å². The van der Waals surface area contributed by atoms with Crippen LogP contribution in [0.5, 0.6) is 0 Å². The Hall–Kier alpha value is -3.14. The molecule has 0 aliphatic carbocycles. The third kappa shape index (κ3) is 9.90. The lowest BCUT2D eigenvalue weighted by atomic mass is 10.1. The van der Waals surface area contributed by atoms with Gasteiger partial charge in [0.25, 0.3) is 0 Å². The Morgan fingerprint density at radius 2 is 1.82 bits per heavy atom. The summed E-state index contributed by atoms with van der Waals surface area (Å²) in [6.07, 6.45) is -0.103. The molecule has 0 fully saturated rings. The molecule has 0 spiro atoms. The summed E-state index contributed by atoms with van der Waals surface area (Å²) in [6, 6.07) is 8.90. The lowest BCUT2D eigenvalue weighted by Crippen LogP contribution is -2.35. The molecular formula is C23H31N3O6S. The van der Waals surface area contributed by atoms with E-state index >= 15 is 0 Å². The monoisotopic (exact) mass is 477 g/mol. The largest absolute Gasteiger partial charge is 0.461 e. The summed E-state index contributed by atoms with van der Waals surface area (Å²) in [4.78, 5) is 40.5. The van der Waals surface area contributed by atoms with E-state index in [1.54, 1.807) is 33.1 Å². The van der Waals surface area contributed by atoms with E-state index in [0.717, 1.165) is 5.56 Å². The number of amides is 2. The van der Waals surface area contributed by atoms with Crippen molar-refractivity contribution < 1.29 is 28.6 Å². The molecule has 0 aliphatic heterocycles. The molecular weight excluding hydrogens is 446 g/mol. The molecule has 180 valence electrons. The molecule has 1 heterocycles. The minimum atomic E-state index is -0.655. The molecule has 0 radical (unpaired) electrons. The van der Waals surface area contributed by atoms with Crippen LogP contribution < -0.4 is 10.6 Å². The molecule has 2 rings (SSSR count). The first-order valence-electron chi connectivity index (χ1n) is 10.7. The van der Waals surface area contributed by atoms with Gasteiger partial charge in [0.05, 0.1) is 12.6 Å². The van der Waals surface area contributed by atoms with Crippen LogP contribution in [0.15, 0.2) is 35.7 Å². The van der Waals surface area contributed by atoms with Crippen molar-refractivity contribution in [3.8, 4) is 0 Å². The summed E-state index contributed by atoms with van der Waals surface area (Å²) in [5, 5.41) is 7.64. The number of carbonyl (C=O) groups is 3. The number of rotatable bonds is 10. The van der Waals surface area contributed by atoms with E-state index in [1.807, 2.05) is 30.3 Å². The van der Waals surface area contributed by atoms with E-state index in [1.165, 1.54) is 11.3 Å². The minimum Gasteiger partial charge on any atom is -0.461 e. The molecule has 0 aliphatic rings. The average Bonchev–Trinajstić information content (AvgIpc) is 3.24. The van der Waals surface area contributed by atoms with Crippen molar-refractivity contribution in [1.82, 2.24) is 15.6 Å². The van der Waals surface area contributed by atoms with Crippen molar-refractivity contribution in [2.75, 3.05) is 13.2 Å². The van der Waals surface area contributed by atoms with E-state index in [2.05, 4.69) is 15.6 Å². The molecule has 9 nitrogen and oxygen atoms in total. The maximum Gasteiger partial charge on any atom is 0.408 e. The Balaban J connectivity index is 1.90. The zero-order valence-corrected chi connectivity index (χ0v) is 20.2. The standard InChI is InChI=1S/C23H31N3O6S/c1-5-30-20(27)18-15-33-19(25-18)17(26-22(29)32-23(2,3)4)12-9-13-24-21(28)31-14-16-10-7-6-8-11-16/h6-8,10-11,15,17H,5,9,12-14H2,1-4H3,(H,24,28)(H,26,29)/t17-/m0/s1. The van der Waals surface area contributed by atoms with Crippen LogP contribution in [0.3, 0.4) is 0 Å². The molecule has 1 atom stereocenters. The molecule has 0 bridgehead atoms. The fraction of sp³-hybridized carbons (Fsp3) is 0.478. The molecule has 0 saturated heterocycles. The van der Waals surface area contributed by atoms with Crippen molar-refractivity contribution in [3.05, 3.63) is 52.0 Å². The van der Waals surface area contributed by atoms with Gasteiger partial charge >= 0.3 is 18.2 Å². The van der Waals surface area contributed by atoms with E-state index in [0.29, 0.717) is 24.4 Å². The van der Waals surface area contributed by atoms with Crippen LogP contribution in [0, 0.1) is 0 Å². The zero-order chi connectivity index (χ0) is 24.3. The van der Waals surface area contributed by atoms with Crippen LogP contribution in [-0.4, -0.2) is 41.9 Å². The molecule has 10 heteroatoms. The average molecular weight is 478 g/mol. The molecule has 2 amide bonds. The van der Waals surface area contributed by atoms with Gasteiger partial charge in [-0.3, -0.25) is 0 Å². The first-order valence-corrected chi connectivity index (χ1v) is 11.6. The topological polar surface area (TPSA) is 116 Å². The quantitative estimate of drug-likeness (QED) is 0.292. The predicted octanol–water partition coefficient (Wildman–Crippen LogP) is 4.59. The van der Waals surface area contributed by atoms with Crippen molar-refractivity contribution in [3.63, 3.8) is 0 Å². The summed E-state index contributed by atoms with van der Waals surface area (Å²) in [5.41, 5.74) is 0.434. The van der Waals surface area contributed by atoms with Gasteiger partial charge in [-0.1, -0.05) is 30.3 Å². The van der Waals surface area contributed by atoms with Crippen molar-refractivity contribution >= 4 is 29.5 Å². The summed E-state index contributed by atoms with van der Waals surface area (Å²) in [5.74, 6) is -0.515. The molecule has 0 unspecified atom stereocenters. The number of nitrogens with one attached hydrogen (secondary N) is 2. The van der Waals surface area contributed by atoms with Gasteiger partial charge in [-0.15, -0.1) is 11.3 Å². The highest BCUT2D eigenvalue weighted by atomic mass is 32.1. The second-order valence-electron chi connectivity index (χ2n) is 8.12. The van der Waals surface area contributed by atoms with E-state index in [4.69, 9.17) is 14.2 Å². The van der Waals surface area contributed by atoms with Gasteiger partial charge in [-0.25, -0.2) is 19.4 Å². The number of benzene rings is 1. The van der Waals surface area contributed by atoms with Crippen molar-refractivity contribution in [2.24, 2.45) is 0 Å². The summed E-state index contributed by atoms with van der Waals surface area (Å²) in [6.45, 7) is 7.81. The van der Waals surface area contributed by atoms with Gasteiger partial charge in [0.1, 0.15) is 17.2 Å². The predicted molar refractivity (Wildman–Crippen MR) is 124 cm³/mol. The van der Waals surface area contributed by atoms with Gasteiger partial charge in [0, 0.05) is 11.9 Å². The highest BCUT2D eigenvalue weighted by molar-refractivity contribution is 7.09. The zero-order valence-electron chi connectivity index (χ0n) is 19.4. The van der Waals surface area contributed by atoms with Crippen LogP contribution in [0.1, 0.15) is 67.6 Å². The van der Waals surface area contributed by atoms with Gasteiger partial charge in [0.15, 0.2) is 5.69 Å². The van der Waals surface area contributed by atoms with E-state index in [9.17, 15) is 14.4 Å². The Bertz CT molecular complexity index is 910. The van der Waals surface area contributed by atoms with E-state index < -0.39 is 29.8 Å². The Labute approximate surface area is 197 Å². The fourth-order valence-corrected chi connectivity index (χ4v) is 3.60. The number of carbonyl (C=O) groups excluding carboxylic acids is 3. The van der Waals surface area contributed by atoms with Crippen LogP contribution in [-0.2, 0) is 20.8 Å². The number of alkyl carbamates (subject to hydrolysis) is 2. The first kappa shape index (κ1) is 26.1. The lowest BCUT2D eigenvalue weighted by molar-refractivity contribution is 0.0499. The third-order valence-electron chi connectivity index (χ3n) is 4.15. The molecule has 33 heavy (non-hydrogen) atoms. The number of hydrogen-bond acceptors (Lipinski definition) is 8. The SMILES string of the molecule is CCOC(=O)c1csc([C@H](CCCNC(=O)OCc2ccccc2)NC(=O)OC(C)(C)C)n1. The molecule has 2 N–H and O–H groups in total. The third-order valence-corrected chi connectivity index (χ3v) is 5.11. The smallest absolute Gasteiger partial charge is 0.408 e. The summed E-state index contributed by atoms with van der Waals surface area (Å²) >= 11 is 1.25. The highest BCUT2D eigenvalue weighted by Crippen LogP contribution is 2.24. The maximum atomic E-state index is 12.3. The van der Waals surface area contributed by atoms with Crippen LogP contribution in [0.2, 0.25) is 0 Å². The van der Waals surface area contributed by atoms with Crippen molar-refractivity contribution in [1.29, 1.82) is 0 Å². The maximum absolute atomic E-state index is 12.3. The minimum absolute atomic E-state index is 0.186. The summed E-state index contributed by atoms with van der Waals surface area (Å²) in [7, 11) is 0. The lowest BCUT2D eigenvalue weighted by Gasteiger charge is -2.23. The van der Waals surface area contributed by atoms with Crippen LogP contribution in [0.4, 0.5) is 9.59 Å². The van der Waals surface area contributed by atoms with E-state index in [-0.39, 0.29) is 18.9 Å². The molecule has 1 aromatic carbocycles. The number of esters is 1. The fourth-order valence-electron chi connectivity index (χ4n) is 2.72. The van der Waals surface area contributed by atoms with Crippen molar-refractivity contribution in [2.45, 2.75) is 58.8 Å². The number of thiazole rings is 1. The van der Waals surface area contributed by atoms with Crippen LogP contribution >= 0.6 is 11.3 Å². The molecule has 1 aromatic heterocycles. The normalized spacial score (nSPS) is 11.9. The highest BCUT2D eigenvalue weighted by Gasteiger charge is 2.24. The Morgan fingerprint density at radius 1 is 1.09 bits per heavy atom. The van der Waals surface area contributed by atoms with Gasteiger partial charge in [-0.05, 0) is 46.1 Å².